The van der Waals surface area contributed by atoms with Crippen LogP contribution in [0.2, 0.25) is 0 Å². The van der Waals surface area contributed by atoms with Gasteiger partial charge >= 0.3 is 0 Å². The molecule has 5 heteroatoms. The monoisotopic (exact) mass is 185 g/mol. The Balaban J connectivity index is 3.28. The lowest BCUT2D eigenvalue weighted by atomic mass is 10.2. The summed E-state index contributed by atoms with van der Waals surface area (Å²) in [5.74, 6) is -2.17. The summed E-state index contributed by atoms with van der Waals surface area (Å²) in [7, 11) is 1.25. The summed E-state index contributed by atoms with van der Waals surface area (Å²) in [4.78, 5) is 10.6. The molecule has 0 bridgehead atoms. The molecule has 1 aromatic carbocycles. The number of benzene rings is 1. The number of ether oxygens (including phenoxy) is 1. The van der Waals surface area contributed by atoms with Crippen molar-refractivity contribution in [2.45, 2.75) is 0 Å². The van der Waals surface area contributed by atoms with E-state index < -0.39 is 17.5 Å². The molecule has 70 valence electrons. The zero-order chi connectivity index (χ0) is 10.0. The Morgan fingerprint density at radius 2 is 2.23 bits per heavy atom. The lowest BCUT2D eigenvalue weighted by Gasteiger charge is -2.04. The Bertz CT molecular complexity index is 351. The van der Waals surface area contributed by atoms with E-state index in [4.69, 9.17) is 10.8 Å². The van der Waals surface area contributed by atoms with E-state index >= 15 is 0 Å². The van der Waals surface area contributed by atoms with Gasteiger partial charge < -0.3 is 15.6 Å². The van der Waals surface area contributed by atoms with Crippen LogP contribution in [0.25, 0.3) is 0 Å². The predicted octanol–water partition coefficient (Wildman–Crippen LogP) is 0.639. The normalized spacial score (nSPS) is 9.69. The highest BCUT2D eigenvalue weighted by molar-refractivity contribution is 5.95. The van der Waals surface area contributed by atoms with E-state index in [2.05, 4.69) is 4.74 Å². The van der Waals surface area contributed by atoms with Gasteiger partial charge in [0, 0.05) is 6.07 Å². The maximum atomic E-state index is 12.9. The molecule has 0 aliphatic carbocycles. The van der Waals surface area contributed by atoms with E-state index in [1.165, 1.54) is 7.11 Å². The highest BCUT2D eigenvalue weighted by Crippen LogP contribution is 2.26. The second-order valence-corrected chi connectivity index (χ2v) is 2.37. The summed E-state index contributed by atoms with van der Waals surface area (Å²) >= 11 is 0. The summed E-state index contributed by atoms with van der Waals surface area (Å²) in [6.07, 6.45) is 0. The number of halogens is 1. The molecule has 0 spiro atoms. The lowest BCUT2D eigenvalue weighted by Crippen LogP contribution is -2.11. The third-order valence-corrected chi connectivity index (χ3v) is 1.54. The fourth-order valence-corrected chi connectivity index (χ4v) is 0.896. The van der Waals surface area contributed by atoms with Gasteiger partial charge in [-0.3, -0.25) is 4.79 Å². The number of amides is 1. The molecule has 0 saturated heterocycles. The summed E-state index contributed by atoms with van der Waals surface area (Å²) < 4.78 is 17.5. The van der Waals surface area contributed by atoms with Gasteiger partial charge in [-0.1, -0.05) is 0 Å². The van der Waals surface area contributed by atoms with Crippen LogP contribution in [0.5, 0.6) is 11.5 Å². The van der Waals surface area contributed by atoms with E-state index in [1.807, 2.05) is 0 Å². The highest BCUT2D eigenvalue weighted by atomic mass is 19.1. The summed E-state index contributed by atoms with van der Waals surface area (Å²) in [5.41, 5.74) is 4.60. The van der Waals surface area contributed by atoms with Gasteiger partial charge in [-0.15, -0.1) is 0 Å². The Hall–Kier alpha value is -1.78. The zero-order valence-electron chi connectivity index (χ0n) is 6.87. The van der Waals surface area contributed by atoms with Crippen molar-refractivity contribution in [3.63, 3.8) is 0 Å². The van der Waals surface area contributed by atoms with Gasteiger partial charge in [0.15, 0.2) is 11.6 Å². The Morgan fingerprint density at radius 3 is 2.69 bits per heavy atom. The molecule has 3 N–H and O–H groups in total. The first kappa shape index (κ1) is 9.31. The van der Waals surface area contributed by atoms with Gasteiger partial charge in [0.05, 0.1) is 12.7 Å². The molecule has 0 heterocycles. The summed E-state index contributed by atoms with van der Waals surface area (Å²) in [5, 5.41) is 9.17. The van der Waals surface area contributed by atoms with Crippen molar-refractivity contribution < 1.29 is 19.0 Å². The first-order chi connectivity index (χ1) is 6.06. The second-order valence-electron chi connectivity index (χ2n) is 2.37. The minimum absolute atomic E-state index is 0.137. The Morgan fingerprint density at radius 1 is 1.62 bits per heavy atom. The quantitative estimate of drug-likeness (QED) is 0.710. The first-order valence-electron chi connectivity index (χ1n) is 3.42. The molecular weight excluding hydrogens is 177 g/mol. The molecule has 1 amide bonds. The summed E-state index contributed by atoms with van der Waals surface area (Å²) in [6.45, 7) is 0. The third kappa shape index (κ3) is 1.69. The van der Waals surface area contributed by atoms with Crippen LogP contribution in [0.3, 0.4) is 0 Å². The number of nitrogens with two attached hydrogens (primary N) is 1. The van der Waals surface area contributed by atoms with Crippen molar-refractivity contribution in [3.05, 3.63) is 23.5 Å². The van der Waals surface area contributed by atoms with Crippen molar-refractivity contribution in [1.29, 1.82) is 0 Å². The standard InChI is InChI=1S/C8H8FNO3/c1-13-7-3-6(11)4(8(10)12)2-5(7)9/h2-3,11H,1H3,(H2,10,12). The van der Waals surface area contributed by atoms with Gasteiger partial charge in [0.1, 0.15) is 5.75 Å². The number of rotatable bonds is 2. The van der Waals surface area contributed by atoms with Crippen molar-refractivity contribution in [2.75, 3.05) is 7.11 Å². The average Bonchev–Trinajstić information content (AvgIpc) is 2.07. The Labute approximate surface area is 73.7 Å². The molecule has 0 unspecified atom stereocenters. The number of carbonyl (C=O) groups excluding carboxylic acids is 1. The van der Waals surface area contributed by atoms with Crippen molar-refractivity contribution in [3.8, 4) is 11.5 Å². The van der Waals surface area contributed by atoms with Gasteiger partial charge in [-0.05, 0) is 6.07 Å². The number of phenols is 1. The lowest BCUT2D eigenvalue weighted by molar-refractivity contribution is 0.0997. The van der Waals surface area contributed by atoms with Crippen molar-refractivity contribution in [1.82, 2.24) is 0 Å². The average molecular weight is 185 g/mol. The molecule has 0 aromatic heterocycles. The van der Waals surface area contributed by atoms with Crippen molar-refractivity contribution >= 4 is 5.91 Å². The molecule has 0 aliphatic rings. The zero-order valence-corrected chi connectivity index (χ0v) is 6.87. The molecule has 13 heavy (non-hydrogen) atoms. The van der Waals surface area contributed by atoms with Crippen LogP contribution in [-0.2, 0) is 0 Å². The van der Waals surface area contributed by atoms with Crippen LogP contribution >= 0.6 is 0 Å². The SMILES string of the molecule is COc1cc(O)c(C(N)=O)cc1F. The molecular formula is C8H8FNO3. The van der Waals surface area contributed by atoms with E-state index in [9.17, 15) is 9.18 Å². The molecule has 1 aromatic rings. The minimum Gasteiger partial charge on any atom is -0.507 e. The van der Waals surface area contributed by atoms with Gasteiger partial charge in [-0.2, -0.15) is 0 Å². The number of primary amides is 1. The number of aromatic hydroxyl groups is 1. The fraction of sp³-hybridized carbons (Fsp3) is 0.125. The van der Waals surface area contributed by atoms with Crippen molar-refractivity contribution in [2.24, 2.45) is 5.73 Å². The third-order valence-electron chi connectivity index (χ3n) is 1.54. The molecule has 1 rings (SSSR count). The van der Waals surface area contributed by atoms with Crippen LogP contribution < -0.4 is 10.5 Å². The summed E-state index contributed by atoms with van der Waals surface area (Å²) in [6, 6.07) is 1.83. The van der Waals surface area contributed by atoms with Crippen LogP contribution in [-0.4, -0.2) is 18.1 Å². The second kappa shape index (κ2) is 3.30. The molecule has 0 atom stereocenters. The molecule has 4 nitrogen and oxygen atoms in total. The molecule has 0 radical (unpaired) electrons. The van der Waals surface area contributed by atoms with Crippen LogP contribution in [0.1, 0.15) is 10.4 Å². The topological polar surface area (TPSA) is 72.6 Å². The highest BCUT2D eigenvalue weighted by Gasteiger charge is 2.12. The predicted molar refractivity (Wildman–Crippen MR) is 43.1 cm³/mol. The van der Waals surface area contributed by atoms with E-state index in [1.54, 1.807) is 0 Å². The molecule has 0 saturated carbocycles. The van der Waals surface area contributed by atoms with Crippen LogP contribution in [0.15, 0.2) is 12.1 Å². The number of methoxy groups -OCH3 is 1. The van der Waals surface area contributed by atoms with Gasteiger partial charge in [0.25, 0.3) is 5.91 Å². The number of hydrogen-bond donors (Lipinski definition) is 2. The maximum absolute atomic E-state index is 12.9. The smallest absolute Gasteiger partial charge is 0.252 e. The van der Waals surface area contributed by atoms with E-state index in [0.29, 0.717) is 0 Å². The first-order valence-corrected chi connectivity index (χ1v) is 3.42. The van der Waals surface area contributed by atoms with Gasteiger partial charge in [0.2, 0.25) is 0 Å². The van der Waals surface area contributed by atoms with E-state index in [0.717, 1.165) is 12.1 Å². The number of hydrogen-bond acceptors (Lipinski definition) is 3. The van der Waals surface area contributed by atoms with Crippen LogP contribution in [0.4, 0.5) is 4.39 Å². The largest absolute Gasteiger partial charge is 0.507 e. The number of carbonyl (C=O) groups is 1. The molecule has 0 aliphatic heterocycles. The maximum Gasteiger partial charge on any atom is 0.252 e. The van der Waals surface area contributed by atoms with Crippen LogP contribution in [0, 0.1) is 5.82 Å². The van der Waals surface area contributed by atoms with E-state index in [-0.39, 0.29) is 11.3 Å². The Kier molecular flexibility index (Phi) is 2.36. The van der Waals surface area contributed by atoms with Gasteiger partial charge in [-0.25, -0.2) is 4.39 Å². The minimum atomic E-state index is -0.890. The molecule has 0 fully saturated rings. The fourth-order valence-electron chi connectivity index (χ4n) is 0.896.